The molecule has 0 bridgehead atoms. The first-order valence-electron chi connectivity index (χ1n) is 10.4. The fourth-order valence-corrected chi connectivity index (χ4v) is 3.78. The maximum Gasteiger partial charge on any atom is 0.224 e. The molecule has 0 saturated carbocycles. The molecule has 34 heavy (non-hydrogen) atoms. The van der Waals surface area contributed by atoms with Crippen LogP contribution in [0.25, 0.3) is 11.3 Å². The number of oxazole rings is 1. The Morgan fingerprint density at radius 2 is 1.91 bits per heavy atom. The first-order valence-corrected chi connectivity index (χ1v) is 10.8. The highest BCUT2D eigenvalue weighted by atomic mass is 35.5. The van der Waals surface area contributed by atoms with Gasteiger partial charge in [-0.1, -0.05) is 48.0 Å². The lowest BCUT2D eigenvalue weighted by atomic mass is 9.92. The number of nitrogens with zero attached hydrogens (tertiary/aromatic N) is 2. The van der Waals surface area contributed by atoms with Gasteiger partial charge in [0.2, 0.25) is 5.91 Å². The lowest BCUT2D eigenvalue weighted by molar-refractivity contribution is -0.116. The van der Waals surface area contributed by atoms with Crippen LogP contribution in [0.3, 0.4) is 0 Å². The summed E-state index contributed by atoms with van der Waals surface area (Å²) in [7, 11) is 0. The van der Waals surface area contributed by atoms with E-state index in [-0.39, 0.29) is 36.0 Å². The number of halogens is 3. The third kappa shape index (κ3) is 5.30. The minimum atomic E-state index is -0.758. The van der Waals surface area contributed by atoms with Gasteiger partial charge < -0.3 is 9.73 Å². The van der Waals surface area contributed by atoms with Crippen LogP contribution in [0.5, 0.6) is 0 Å². The van der Waals surface area contributed by atoms with Crippen molar-refractivity contribution in [2.75, 3.05) is 5.32 Å². The molecule has 8 heteroatoms. The predicted octanol–water partition coefficient (Wildman–Crippen LogP) is 6.50. The highest BCUT2D eigenvalue weighted by Crippen LogP contribution is 2.32. The highest BCUT2D eigenvalue weighted by Gasteiger charge is 2.17. The van der Waals surface area contributed by atoms with Crippen molar-refractivity contribution >= 4 is 23.2 Å². The summed E-state index contributed by atoms with van der Waals surface area (Å²) in [6, 6.07) is 19.7. The van der Waals surface area contributed by atoms with Gasteiger partial charge in [0.25, 0.3) is 0 Å². The quantitative estimate of drug-likeness (QED) is 0.329. The molecule has 4 aromatic rings. The molecule has 0 aliphatic rings. The van der Waals surface area contributed by atoms with Gasteiger partial charge in [-0.15, -0.1) is 0 Å². The van der Waals surface area contributed by atoms with Crippen LogP contribution < -0.4 is 5.32 Å². The van der Waals surface area contributed by atoms with Crippen molar-refractivity contribution in [1.29, 1.82) is 5.26 Å². The Morgan fingerprint density at radius 3 is 2.62 bits per heavy atom. The third-order valence-corrected chi connectivity index (χ3v) is 5.50. The van der Waals surface area contributed by atoms with E-state index in [0.717, 1.165) is 17.7 Å². The second-order valence-corrected chi connectivity index (χ2v) is 7.91. The van der Waals surface area contributed by atoms with E-state index in [4.69, 9.17) is 16.0 Å². The van der Waals surface area contributed by atoms with Crippen LogP contribution >= 0.6 is 11.6 Å². The number of anilines is 1. The largest absolute Gasteiger partial charge is 0.441 e. The second kappa shape index (κ2) is 10.3. The zero-order valence-electron chi connectivity index (χ0n) is 17.8. The first kappa shape index (κ1) is 23.1. The number of hydrogen-bond acceptors (Lipinski definition) is 4. The number of carbonyl (C=O) groups excluding carboxylic acids is 1. The van der Waals surface area contributed by atoms with E-state index in [2.05, 4.69) is 16.4 Å². The number of aromatic nitrogens is 1. The summed E-state index contributed by atoms with van der Waals surface area (Å²) in [5.74, 6) is -1.86. The summed E-state index contributed by atoms with van der Waals surface area (Å²) in [4.78, 5) is 16.4. The molecule has 5 nitrogen and oxygen atoms in total. The Labute approximate surface area is 199 Å². The van der Waals surface area contributed by atoms with Crippen LogP contribution in [0.1, 0.15) is 29.4 Å². The van der Waals surface area contributed by atoms with Gasteiger partial charge >= 0.3 is 0 Å². The Kier molecular flexibility index (Phi) is 7.00. The number of benzene rings is 3. The molecule has 1 unspecified atom stereocenters. The molecule has 0 radical (unpaired) electrons. The van der Waals surface area contributed by atoms with Crippen LogP contribution in [-0.2, 0) is 11.2 Å². The van der Waals surface area contributed by atoms with Gasteiger partial charge in [0.15, 0.2) is 11.7 Å². The molecule has 1 amide bonds. The Hall–Kier alpha value is -4.02. The molecule has 0 fully saturated rings. The standard InChI is InChI=1S/C26H18ClF2N3O2/c27-22-13-18(7-9-19(22)21(14-30)16-4-2-1-3-5-16)32-25(33)10-11-26-31-15-24(34-26)20-8-6-17(28)12-23(20)29/h1-9,12-13,15,21H,10-11H2,(H,32,33). The summed E-state index contributed by atoms with van der Waals surface area (Å²) >= 11 is 6.41. The Bertz CT molecular complexity index is 1370. The molecule has 4 rings (SSSR count). The van der Waals surface area contributed by atoms with Gasteiger partial charge in [-0.05, 0) is 35.4 Å². The molecular formula is C26H18ClF2N3O2. The highest BCUT2D eigenvalue weighted by molar-refractivity contribution is 6.31. The van der Waals surface area contributed by atoms with Gasteiger partial charge in [0.05, 0.1) is 23.7 Å². The SMILES string of the molecule is N#CC(c1ccccc1)c1ccc(NC(=O)CCc2ncc(-c3ccc(F)cc3F)o2)cc1Cl. The van der Waals surface area contributed by atoms with E-state index in [0.29, 0.717) is 16.3 Å². The number of hydrogen-bond donors (Lipinski definition) is 1. The van der Waals surface area contributed by atoms with E-state index >= 15 is 0 Å². The molecule has 3 aromatic carbocycles. The summed E-state index contributed by atoms with van der Waals surface area (Å²) in [6.07, 6.45) is 1.58. The third-order valence-electron chi connectivity index (χ3n) is 5.17. The number of nitriles is 1. The lowest BCUT2D eigenvalue weighted by Crippen LogP contribution is -2.12. The lowest BCUT2D eigenvalue weighted by Gasteiger charge is -2.13. The number of amides is 1. The minimum Gasteiger partial charge on any atom is -0.441 e. The molecule has 1 heterocycles. The number of aryl methyl sites for hydroxylation is 1. The van der Waals surface area contributed by atoms with Crippen molar-refractivity contribution in [3.05, 3.63) is 107 Å². The number of rotatable bonds is 7. The smallest absolute Gasteiger partial charge is 0.224 e. The number of carbonyl (C=O) groups is 1. The van der Waals surface area contributed by atoms with Crippen molar-refractivity contribution in [1.82, 2.24) is 4.98 Å². The van der Waals surface area contributed by atoms with Crippen molar-refractivity contribution < 1.29 is 18.0 Å². The van der Waals surface area contributed by atoms with Crippen molar-refractivity contribution in [2.45, 2.75) is 18.8 Å². The van der Waals surface area contributed by atoms with Crippen LogP contribution in [0.4, 0.5) is 14.5 Å². The average Bonchev–Trinajstić information content (AvgIpc) is 3.29. The van der Waals surface area contributed by atoms with Crippen LogP contribution in [0.2, 0.25) is 5.02 Å². The van der Waals surface area contributed by atoms with E-state index in [1.54, 1.807) is 18.2 Å². The van der Waals surface area contributed by atoms with Gasteiger partial charge in [0.1, 0.15) is 11.6 Å². The zero-order chi connectivity index (χ0) is 24.1. The van der Waals surface area contributed by atoms with Crippen LogP contribution in [0.15, 0.2) is 77.3 Å². The molecule has 1 N–H and O–H groups in total. The van der Waals surface area contributed by atoms with Gasteiger partial charge in [-0.2, -0.15) is 5.26 Å². The molecule has 0 aliphatic heterocycles. The van der Waals surface area contributed by atoms with Gasteiger partial charge in [-0.3, -0.25) is 4.79 Å². The van der Waals surface area contributed by atoms with Gasteiger partial charge in [-0.25, -0.2) is 13.8 Å². The van der Waals surface area contributed by atoms with Crippen molar-refractivity contribution in [2.24, 2.45) is 0 Å². The van der Waals surface area contributed by atoms with E-state index < -0.39 is 17.6 Å². The number of nitrogens with one attached hydrogen (secondary N) is 1. The maximum atomic E-state index is 13.9. The van der Waals surface area contributed by atoms with Crippen molar-refractivity contribution in [3.63, 3.8) is 0 Å². The molecule has 0 spiro atoms. The maximum absolute atomic E-state index is 13.9. The van der Waals surface area contributed by atoms with E-state index in [1.165, 1.54) is 12.3 Å². The Morgan fingerprint density at radius 1 is 1.12 bits per heavy atom. The normalized spacial score (nSPS) is 11.6. The average molecular weight is 478 g/mol. The summed E-state index contributed by atoms with van der Waals surface area (Å²) in [6.45, 7) is 0. The molecule has 1 aromatic heterocycles. The van der Waals surface area contributed by atoms with Crippen molar-refractivity contribution in [3.8, 4) is 17.4 Å². The summed E-state index contributed by atoms with van der Waals surface area (Å²) in [5.41, 5.74) is 2.05. The predicted molar refractivity (Wildman–Crippen MR) is 124 cm³/mol. The summed E-state index contributed by atoms with van der Waals surface area (Å²) in [5, 5.41) is 12.7. The Balaban J connectivity index is 1.38. The van der Waals surface area contributed by atoms with E-state index in [9.17, 15) is 18.8 Å². The van der Waals surface area contributed by atoms with Gasteiger partial charge in [0, 0.05) is 29.6 Å². The topological polar surface area (TPSA) is 78.9 Å². The molecule has 0 aliphatic carbocycles. The molecule has 0 saturated heterocycles. The molecule has 1 atom stereocenters. The molecule has 170 valence electrons. The first-order chi connectivity index (χ1) is 16.4. The zero-order valence-corrected chi connectivity index (χ0v) is 18.5. The van der Waals surface area contributed by atoms with Crippen LogP contribution in [-0.4, -0.2) is 10.9 Å². The monoisotopic (exact) mass is 477 g/mol. The fourth-order valence-electron chi connectivity index (χ4n) is 3.49. The minimum absolute atomic E-state index is 0.0655. The van der Waals surface area contributed by atoms with E-state index in [1.807, 2.05) is 30.3 Å². The van der Waals surface area contributed by atoms with Crippen LogP contribution in [0, 0.1) is 23.0 Å². The molecular weight excluding hydrogens is 460 g/mol. The fraction of sp³-hybridized carbons (Fsp3) is 0.115. The summed E-state index contributed by atoms with van der Waals surface area (Å²) < 4.78 is 32.5. The second-order valence-electron chi connectivity index (χ2n) is 7.50.